The lowest BCUT2D eigenvalue weighted by atomic mass is 10.2. The molecule has 0 aliphatic rings. The van der Waals surface area contributed by atoms with Crippen molar-refractivity contribution in [2.24, 2.45) is 7.05 Å². The van der Waals surface area contributed by atoms with E-state index in [9.17, 15) is 4.79 Å². The molecule has 100 valence electrons. The molecule has 1 heterocycles. The number of aryl methyl sites for hydroxylation is 3. The molecule has 0 saturated carbocycles. The summed E-state index contributed by atoms with van der Waals surface area (Å²) in [6, 6.07) is 7.62. The summed E-state index contributed by atoms with van der Waals surface area (Å²) in [6.45, 7) is 3.98. The molecular formula is C14H16BrN3O. The van der Waals surface area contributed by atoms with E-state index in [4.69, 9.17) is 0 Å². The summed E-state index contributed by atoms with van der Waals surface area (Å²) >= 11 is 3.40. The van der Waals surface area contributed by atoms with Gasteiger partial charge in [0.25, 0.3) is 5.91 Å². The second-order valence-corrected chi connectivity index (χ2v) is 5.33. The van der Waals surface area contributed by atoms with E-state index in [1.54, 1.807) is 11.7 Å². The Labute approximate surface area is 120 Å². The van der Waals surface area contributed by atoms with Gasteiger partial charge in [-0.1, -0.05) is 28.9 Å². The van der Waals surface area contributed by atoms with Crippen LogP contribution in [0.3, 0.4) is 0 Å². The van der Waals surface area contributed by atoms with E-state index in [1.165, 1.54) is 0 Å². The normalized spacial score (nSPS) is 10.5. The molecule has 0 bridgehead atoms. The van der Waals surface area contributed by atoms with E-state index in [-0.39, 0.29) is 5.91 Å². The smallest absolute Gasteiger partial charge is 0.273 e. The van der Waals surface area contributed by atoms with Gasteiger partial charge in [0.1, 0.15) is 5.69 Å². The van der Waals surface area contributed by atoms with Gasteiger partial charge in [-0.15, -0.1) is 0 Å². The van der Waals surface area contributed by atoms with Crippen LogP contribution in [0.25, 0.3) is 0 Å². The Morgan fingerprint density at radius 3 is 2.79 bits per heavy atom. The minimum atomic E-state index is -0.143. The van der Waals surface area contributed by atoms with Crippen molar-refractivity contribution in [3.8, 4) is 0 Å². The second kappa shape index (κ2) is 5.57. The van der Waals surface area contributed by atoms with Crippen molar-refractivity contribution in [2.45, 2.75) is 20.3 Å². The van der Waals surface area contributed by atoms with Crippen molar-refractivity contribution in [3.05, 3.63) is 45.7 Å². The van der Waals surface area contributed by atoms with Crippen LogP contribution in [0.5, 0.6) is 0 Å². The van der Waals surface area contributed by atoms with Crippen LogP contribution in [-0.2, 0) is 13.5 Å². The van der Waals surface area contributed by atoms with Crippen LogP contribution >= 0.6 is 15.9 Å². The molecule has 0 unspecified atom stereocenters. The van der Waals surface area contributed by atoms with Crippen molar-refractivity contribution in [3.63, 3.8) is 0 Å². The molecule has 0 fully saturated rings. The number of carbonyl (C=O) groups is 1. The first-order valence-electron chi connectivity index (χ1n) is 6.11. The summed E-state index contributed by atoms with van der Waals surface area (Å²) in [5.41, 5.74) is 3.31. The van der Waals surface area contributed by atoms with Gasteiger partial charge in [-0.3, -0.25) is 9.48 Å². The molecule has 2 aromatic rings. The maximum atomic E-state index is 12.2. The number of carbonyl (C=O) groups excluding carboxylic acids is 1. The fourth-order valence-electron chi connectivity index (χ4n) is 1.83. The van der Waals surface area contributed by atoms with Crippen LogP contribution in [0.1, 0.15) is 28.7 Å². The van der Waals surface area contributed by atoms with Gasteiger partial charge in [-0.25, -0.2) is 0 Å². The lowest BCUT2D eigenvalue weighted by Gasteiger charge is -2.08. The number of nitrogens with one attached hydrogen (secondary N) is 1. The maximum absolute atomic E-state index is 12.2. The lowest BCUT2D eigenvalue weighted by molar-refractivity contribution is 0.101. The van der Waals surface area contributed by atoms with Gasteiger partial charge in [0, 0.05) is 17.2 Å². The molecule has 1 aromatic carbocycles. The molecule has 0 atom stereocenters. The van der Waals surface area contributed by atoms with E-state index in [0.29, 0.717) is 5.69 Å². The van der Waals surface area contributed by atoms with Crippen LogP contribution in [0.15, 0.2) is 28.7 Å². The Bertz CT molecular complexity index is 619. The average molecular weight is 322 g/mol. The maximum Gasteiger partial charge on any atom is 0.273 e. The first kappa shape index (κ1) is 13.8. The predicted molar refractivity (Wildman–Crippen MR) is 79.4 cm³/mol. The summed E-state index contributed by atoms with van der Waals surface area (Å²) in [4.78, 5) is 12.2. The summed E-state index contributed by atoms with van der Waals surface area (Å²) in [5.74, 6) is -0.143. The molecule has 1 aromatic heterocycles. The highest BCUT2D eigenvalue weighted by Crippen LogP contribution is 2.21. The number of aromatic nitrogens is 2. The molecule has 1 amide bonds. The summed E-state index contributed by atoms with van der Waals surface area (Å²) in [6.07, 6.45) is 0.817. The molecule has 0 saturated heterocycles. The number of hydrogen-bond acceptors (Lipinski definition) is 2. The molecule has 0 spiro atoms. The first-order valence-corrected chi connectivity index (χ1v) is 6.91. The Morgan fingerprint density at radius 2 is 2.16 bits per heavy atom. The molecule has 0 aliphatic carbocycles. The van der Waals surface area contributed by atoms with Crippen molar-refractivity contribution in [1.29, 1.82) is 0 Å². The minimum absolute atomic E-state index is 0.143. The fraction of sp³-hybridized carbons (Fsp3) is 0.286. The molecular weight excluding hydrogens is 306 g/mol. The molecule has 5 heteroatoms. The van der Waals surface area contributed by atoms with E-state index >= 15 is 0 Å². The highest BCUT2D eigenvalue weighted by atomic mass is 79.9. The topological polar surface area (TPSA) is 46.9 Å². The van der Waals surface area contributed by atoms with Crippen molar-refractivity contribution in [1.82, 2.24) is 9.78 Å². The van der Waals surface area contributed by atoms with Gasteiger partial charge in [0.15, 0.2) is 0 Å². The SMILES string of the molecule is CCc1cc(C(=O)Nc2cc(Br)ccc2C)n(C)n1. The van der Waals surface area contributed by atoms with Crippen LogP contribution in [0, 0.1) is 6.92 Å². The number of anilines is 1. The van der Waals surface area contributed by atoms with Gasteiger partial charge in [0.05, 0.1) is 5.69 Å². The van der Waals surface area contributed by atoms with Gasteiger partial charge >= 0.3 is 0 Å². The highest BCUT2D eigenvalue weighted by Gasteiger charge is 2.13. The Kier molecular flexibility index (Phi) is 4.04. The van der Waals surface area contributed by atoms with Crippen LogP contribution in [0.4, 0.5) is 5.69 Å². The Hall–Kier alpha value is -1.62. The largest absolute Gasteiger partial charge is 0.320 e. The van der Waals surface area contributed by atoms with E-state index in [1.807, 2.05) is 38.1 Å². The van der Waals surface area contributed by atoms with Gasteiger partial charge in [-0.2, -0.15) is 5.10 Å². The Morgan fingerprint density at radius 1 is 1.42 bits per heavy atom. The molecule has 0 radical (unpaired) electrons. The van der Waals surface area contributed by atoms with Crippen LogP contribution in [0.2, 0.25) is 0 Å². The zero-order chi connectivity index (χ0) is 14.0. The third-order valence-electron chi connectivity index (χ3n) is 2.97. The van der Waals surface area contributed by atoms with E-state index in [0.717, 1.165) is 27.8 Å². The molecule has 4 nitrogen and oxygen atoms in total. The minimum Gasteiger partial charge on any atom is -0.320 e. The molecule has 19 heavy (non-hydrogen) atoms. The molecule has 2 rings (SSSR count). The third kappa shape index (κ3) is 3.04. The fourth-order valence-corrected chi connectivity index (χ4v) is 2.19. The van der Waals surface area contributed by atoms with Crippen molar-refractivity contribution in [2.75, 3.05) is 5.32 Å². The number of benzene rings is 1. The molecule has 0 aliphatic heterocycles. The quantitative estimate of drug-likeness (QED) is 0.942. The van der Waals surface area contributed by atoms with Gasteiger partial charge in [-0.05, 0) is 37.1 Å². The van der Waals surface area contributed by atoms with Gasteiger partial charge < -0.3 is 5.32 Å². The summed E-state index contributed by atoms with van der Waals surface area (Å²) < 4.78 is 2.55. The number of halogens is 1. The molecule has 1 N–H and O–H groups in total. The average Bonchev–Trinajstić information content (AvgIpc) is 2.75. The third-order valence-corrected chi connectivity index (χ3v) is 3.47. The van der Waals surface area contributed by atoms with Crippen LogP contribution < -0.4 is 5.32 Å². The van der Waals surface area contributed by atoms with Crippen molar-refractivity contribution >= 4 is 27.5 Å². The summed E-state index contributed by atoms with van der Waals surface area (Å²) in [7, 11) is 1.78. The monoisotopic (exact) mass is 321 g/mol. The second-order valence-electron chi connectivity index (χ2n) is 4.41. The standard InChI is InChI=1S/C14H16BrN3O/c1-4-11-8-13(18(3)17-11)14(19)16-12-7-10(15)6-5-9(12)2/h5-8H,4H2,1-3H3,(H,16,19). The first-order chi connectivity index (χ1) is 9.01. The zero-order valence-electron chi connectivity index (χ0n) is 11.2. The highest BCUT2D eigenvalue weighted by molar-refractivity contribution is 9.10. The van der Waals surface area contributed by atoms with Crippen molar-refractivity contribution < 1.29 is 4.79 Å². The number of hydrogen-bond donors (Lipinski definition) is 1. The lowest BCUT2D eigenvalue weighted by Crippen LogP contribution is -2.16. The zero-order valence-corrected chi connectivity index (χ0v) is 12.8. The Balaban J connectivity index is 2.25. The number of amides is 1. The predicted octanol–water partition coefficient (Wildman–Crippen LogP) is 3.31. The van der Waals surface area contributed by atoms with Gasteiger partial charge in [0.2, 0.25) is 0 Å². The number of nitrogens with zero attached hydrogens (tertiary/aromatic N) is 2. The number of rotatable bonds is 3. The summed E-state index contributed by atoms with van der Waals surface area (Å²) in [5, 5.41) is 7.19. The van der Waals surface area contributed by atoms with E-state index < -0.39 is 0 Å². The van der Waals surface area contributed by atoms with E-state index in [2.05, 4.69) is 26.3 Å². The van der Waals surface area contributed by atoms with Crippen LogP contribution in [-0.4, -0.2) is 15.7 Å².